The van der Waals surface area contributed by atoms with Crippen LogP contribution in [0.1, 0.15) is 21.5 Å². The average molecular weight is 486 g/mol. The van der Waals surface area contributed by atoms with Crippen molar-refractivity contribution < 1.29 is 14.5 Å². The molecule has 0 spiro atoms. The lowest BCUT2D eigenvalue weighted by molar-refractivity contribution is -0.384. The SMILES string of the molecule is O=C(NN=Cc1ccc(Cl)c([N+](=O)[O-])c1)c1ccc(COc2ccccc2-c2ccccc2)cc1. The molecule has 0 radical (unpaired) electrons. The molecule has 4 aromatic carbocycles. The Morgan fingerprint density at radius 2 is 1.69 bits per heavy atom. The topological polar surface area (TPSA) is 93.8 Å². The summed E-state index contributed by atoms with van der Waals surface area (Å²) in [4.78, 5) is 22.8. The lowest BCUT2D eigenvalue weighted by Gasteiger charge is -2.12. The number of hydrogen-bond donors (Lipinski definition) is 1. The second-order valence-electron chi connectivity index (χ2n) is 7.51. The Morgan fingerprint density at radius 3 is 2.43 bits per heavy atom. The number of nitro benzene ring substituents is 1. The maximum absolute atomic E-state index is 12.4. The molecular formula is C27H20ClN3O4. The first-order chi connectivity index (χ1) is 17.0. The molecule has 0 aliphatic rings. The number of benzene rings is 4. The van der Waals surface area contributed by atoms with Gasteiger partial charge in [-0.25, -0.2) is 5.43 Å². The Hall–Kier alpha value is -4.49. The van der Waals surface area contributed by atoms with Crippen LogP contribution in [0.15, 0.2) is 102 Å². The Balaban J connectivity index is 1.36. The zero-order valence-corrected chi connectivity index (χ0v) is 19.2. The van der Waals surface area contributed by atoms with Gasteiger partial charge in [0.2, 0.25) is 0 Å². The molecule has 8 heteroatoms. The molecule has 0 unspecified atom stereocenters. The number of amides is 1. The molecule has 7 nitrogen and oxygen atoms in total. The molecule has 0 saturated heterocycles. The first kappa shape index (κ1) is 23.7. The Bertz CT molecular complexity index is 1370. The van der Waals surface area contributed by atoms with Crippen molar-refractivity contribution in [2.45, 2.75) is 6.61 Å². The standard InChI is InChI=1S/C27H20ClN3O4/c28-24-15-12-20(16-25(24)31(33)34)17-29-30-27(32)22-13-10-19(11-14-22)18-35-26-9-5-4-8-23(26)21-6-2-1-3-7-21/h1-17H,18H2,(H,30,32). The maximum atomic E-state index is 12.4. The third-order valence-electron chi connectivity index (χ3n) is 5.13. The highest BCUT2D eigenvalue weighted by Crippen LogP contribution is 2.30. The Labute approximate surface area is 206 Å². The first-order valence-electron chi connectivity index (χ1n) is 10.6. The minimum absolute atomic E-state index is 0.0313. The summed E-state index contributed by atoms with van der Waals surface area (Å²) in [5.74, 6) is 0.365. The number of carbonyl (C=O) groups is 1. The normalized spacial score (nSPS) is 10.8. The summed E-state index contributed by atoms with van der Waals surface area (Å²) in [6, 6.07) is 29.1. The van der Waals surface area contributed by atoms with Crippen LogP contribution in [0.25, 0.3) is 11.1 Å². The fourth-order valence-corrected chi connectivity index (χ4v) is 3.53. The van der Waals surface area contributed by atoms with E-state index >= 15 is 0 Å². The molecule has 35 heavy (non-hydrogen) atoms. The van der Waals surface area contributed by atoms with Crippen molar-refractivity contribution >= 4 is 29.4 Å². The van der Waals surface area contributed by atoms with E-state index in [4.69, 9.17) is 16.3 Å². The monoisotopic (exact) mass is 485 g/mol. The number of para-hydroxylation sites is 1. The van der Waals surface area contributed by atoms with E-state index in [-0.39, 0.29) is 10.7 Å². The summed E-state index contributed by atoms with van der Waals surface area (Å²) in [6.07, 6.45) is 1.31. The van der Waals surface area contributed by atoms with E-state index in [1.54, 1.807) is 18.2 Å². The molecule has 0 aliphatic heterocycles. The number of hydrazone groups is 1. The van der Waals surface area contributed by atoms with Gasteiger partial charge in [-0.3, -0.25) is 14.9 Å². The van der Waals surface area contributed by atoms with Gasteiger partial charge in [0.05, 0.1) is 11.1 Å². The predicted molar refractivity (Wildman–Crippen MR) is 136 cm³/mol. The highest BCUT2D eigenvalue weighted by atomic mass is 35.5. The molecular weight excluding hydrogens is 466 g/mol. The van der Waals surface area contributed by atoms with E-state index in [0.717, 1.165) is 22.4 Å². The first-order valence-corrected chi connectivity index (χ1v) is 11.0. The van der Waals surface area contributed by atoms with Crippen molar-refractivity contribution in [3.63, 3.8) is 0 Å². The number of rotatable bonds is 8. The zero-order chi connectivity index (χ0) is 24.6. The van der Waals surface area contributed by atoms with Crippen LogP contribution >= 0.6 is 11.6 Å². The number of nitro groups is 1. The van der Waals surface area contributed by atoms with Crippen LogP contribution in [0.3, 0.4) is 0 Å². The fraction of sp³-hybridized carbons (Fsp3) is 0.0370. The Morgan fingerprint density at radius 1 is 0.971 bits per heavy atom. The van der Waals surface area contributed by atoms with Crippen molar-refractivity contribution in [1.82, 2.24) is 5.43 Å². The van der Waals surface area contributed by atoms with Crippen LogP contribution in [-0.2, 0) is 6.61 Å². The molecule has 0 aliphatic carbocycles. The highest BCUT2D eigenvalue weighted by Gasteiger charge is 2.12. The maximum Gasteiger partial charge on any atom is 0.288 e. The van der Waals surface area contributed by atoms with E-state index in [1.165, 1.54) is 18.3 Å². The van der Waals surface area contributed by atoms with E-state index in [9.17, 15) is 14.9 Å². The van der Waals surface area contributed by atoms with Gasteiger partial charge in [-0.2, -0.15) is 5.10 Å². The molecule has 0 atom stereocenters. The van der Waals surface area contributed by atoms with E-state index < -0.39 is 10.8 Å². The van der Waals surface area contributed by atoms with Crippen LogP contribution in [0.2, 0.25) is 5.02 Å². The average Bonchev–Trinajstić information content (AvgIpc) is 2.89. The van der Waals surface area contributed by atoms with Gasteiger partial charge in [-0.15, -0.1) is 0 Å². The van der Waals surface area contributed by atoms with Gasteiger partial charge in [0.25, 0.3) is 11.6 Å². The largest absolute Gasteiger partial charge is 0.488 e. The minimum atomic E-state index is -0.580. The number of halogens is 1. The Kier molecular flexibility index (Phi) is 7.50. The number of carbonyl (C=O) groups excluding carboxylic acids is 1. The third-order valence-corrected chi connectivity index (χ3v) is 5.45. The van der Waals surface area contributed by atoms with Gasteiger partial charge in [-0.05, 0) is 35.4 Å². The summed E-state index contributed by atoms with van der Waals surface area (Å²) < 4.78 is 6.05. The molecule has 174 valence electrons. The summed E-state index contributed by atoms with van der Waals surface area (Å²) in [5, 5.41) is 14.9. The molecule has 0 heterocycles. The lowest BCUT2D eigenvalue weighted by atomic mass is 10.0. The molecule has 4 aromatic rings. The highest BCUT2D eigenvalue weighted by molar-refractivity contribution is 6.32. The van der Waals surface area contributed by atoms with Crippen molar-refractivity contribution in [1.29, 1.82) is 0 Å². The van der Waals surface area contributed by atoms with Crippen molar-refractivity contribution in [2.24, 2.45) is 5.10 Å². The van der Waals surface area contributed by atoms with Crippen LogP contribution in [-0.4, -0.2) is 17.0 Å². The van der Waals surface area contributed by atoms with Gasteiger partial charge >= 0.3 is 0 Å². The van der Waals surface area contributed by atoms with Crippen molar-refractivity contribution in [3.05, 3.63) is 129 Å². The third kappa shape index (κ3) is 6.10. The fourth-order valence-electron chi connectivity index (χ4n) is 3.34. The van der Waals surface area contributed by atoms with Gasteiger partial charge in [-0.1, -0.05) is 78.3 Å². The number of nitrogens with zero attached hydrogens (tertiary/aromatic N) is 2. The quantitative estimate of drug-likeness (QED) is 0.181. The van der Waals surface area contributed by atoms with Crippen LogP contribution in [0, 0.1) is 10.1 Å². The number of ether oxygens (including phenoxy) is 1. The smallest absolute Gasteiger partial charge is 0.288 e. The van der Waals surface area contributed by atoms with Gasteiger partial charge in [0.1, 0.15) is 17.4 Å². The van der Waals surface area contributed by atoms with E-state index in [2.05, 4.69) is 10.5 Å². The molecule has 0 aromatic heterocycles. The van der Waals surface area contributed by atoms with Crippen molar-refractivity contribution in [2.75, 3.05) is 0 Å². The summed E-state index contributed by atoms with van der Waals surface area (Å²) in [7, 11) is 0. The molecule has 1 N–H and O–H groups in total. The zero-order valence-electron chi connectivity index (χ0n) is 18.4. The number of hydrogen-bond acceptors (Lipinski definition) is 5. The lowest BCUT2D eigenvalue weighted by Crippen LogP contribution is -2.17. The number of nitrogens with one attached hydrogen (secondary N) is 1. The van der Waals surface area contributed by atoms with Crippen LogP contribution < -0.4 is 10.2 Å². The summed E-state index contributed by atoms with van der Waals surface area (Å²) >= 11 is 5.80. The summed E-state index contributed by atoms with van der Waals surface area (Å²) in [5.41, 5.74) is 6.01. The molecule has 0 fully saturated rings. The molecule has 0 bridgehead atoms. The van der Waals surface area contributed by atoms with Crippen LogP contribution in [0.4, 0.5) is 5.69 Å². The van der Waals surface area contributed by atoms with E-state index in [1.807, 2.05) is 66.7 Å². The van der Waals surface area contributed by atoms with Gasteiger partial charge in [0.15, 0.2) is 0 Å². The van der Waals surface area contributed by atoms with Gasteiger partial charge in [0, 0.05) is 22.8 Å². The van der Waals surface area contributed by atoms with Gasteiger partial charge < -0.3 is 4.74 Å². The summed E-state index contributed by atoms with van der Waals surface area (Å²) in [6.45, 7) is 0.346. The molecule has 0 saturated carbocycles. The van der Waals surface area contributed by atoms with Crippen molar-refractivity contribution in [3.8, 4) is 16.9 Å². The molecule has 4 rings (SSSR count). The predicted octanol–water partition coefficient (Wildman–Crippen LogP) is 6.26. The van der Waals surface area contributed by atoms with Crippen LogP contribution in [0.5, 0.6) is 5.75 Å². The second kappa shape index (κ2) is 11.1. The van der Waals surface area contributed by atoms with E-state index in [0.29, 0.717) is 17.7 Å². The second-order valence-corrected chi connectivity index (χ2v) is 7.92. The minimum Gasteiger partial charge on any atom is -0.488 e. The molecule has 1 amide bonds.